The lowest BCUT2D eigenvalue weighted by Gasteiger charge is -2.25. The van der Waals surface area contributed by atoms with E-state index in [0.717, 1.165) is 5.82 Å². The van der Waals surface area contributed by atoms with Crippen LogP contribution in [0.2, 0.25) is 0 Å². The van der Waals surface area contributed by atoms with E-state index in [1.54, 1.807) is 54.9 Å². The molecule has 5 atom stereocenters. The number of fused-ring (bicyclic) bond motifs is 2. The maximum Gasteiger partial charge on any atom is 0.342 e. The number of cyclic esters (lactones) is 1. The third kappa shape index (κ3) is 9.79. The molecule has 12 heteroatoms. The van der Waals surface area contributed by atoms with Crippen molar-refractivity contribution in [3.63, 3.8) is 0 Å². The molecule has 0 spiro atoms. The summed E-state index contributed by atoms with van der Waals surface area (Å²) in [6, 6.07) is 12.2. The van der Waals surface area contributed by atoms with E-state index in [9.17, 15) is 9.59 Å². The Balaban J connectivity index is 1.44. The van der Waals surface area contributed by atoms with Crippen molar-refractivity contribution in [3.8, 4) is 11.5 Å². The lowest BCUT2D eigenvalue weighted by Crippen LogP contribution is -2.37. The number of nitrogens with one attached hydrogen (secondary N) is 2. The highest BCUT2D eigenvalue weighted by Crippen LogP contribution is 2.36. The minimum absolute atomic E-state index is 0.0839. The van der Waals surface area contributed by atoms with Gasteiger partial charge in [0.1, 0.15) is 47.8 Å². The largest absolute Gasteiger partial charge is 0.492 e. The number of carbonyl (C=O) groups excluding carboxylic acids is 2. The van der Waals surface area contributed by atoms with Gasteiger partial charge >= 0.3 is 11.9 Å². The molecular formula is C37H45N3O9. The second-order valence-corrected chi connectivity index (χ2v) is 12.4. The Morgan fingerprint density at radius 1 is 1.10 bits per heavy atom. The van der Waals surface area contributed by atoms with Crippen molar-refractivity contribution < 1.29 is 42.7 Å². The number of aromatic amines is 1. The van der Waals surface area contributed by atoms with Gasteiger partial charge in [-0.25, -0.2) is 14.6 Å². The predicted molar refractivity (Wildman–Crippen MR) is 181 cm³/mol. The van der Waals surface area contributed by atoms with Gasteiger partial charge in [-0.2, -0.15) is 0 Å². The summed E-state index contributed by atoms with van der Waals surface area (Å²) in [4.78, 5) is 34.3. The van der Waals surface area contributed by atoms with Crippen LogP contribution in [0.3, 0.4) is 0 Å². The molecule has 1 aromatic heterocycles. The number of esters is 2. The Hall–Kier alpha value is -4.49. The third-order valence-corrected chi connectivity index (χ3v) is 8.14. The highest BCUT2D eigenvalue weighted by atomic mass is 16.8. The Bertz CT molecular complexity index is 1590. The molecule has 0 aliphatic carbocycles. The Morgan fingerprint density at radius 2 is 1.92 bits per heavy atom. The van der Waals surface area contributed by atoms with Gasteiger partial charge in [0.25, 0.3) is 0 Å². The summed E-state index contributed by atoms with van der Waals surface area (Å²) in [7, 11) is 1.50. The Kier molecular flexibility index (Phi) is 12.2. The Morgan fingerprint density at radius 3 is 2.67 bits per heavy atom. The van der Waals surface area contributed by atoms with Crippen molar-refractivity contribution in [1.29, 1.82) is 0 Å². The van der Waals surface area contributed by atoms with Gasteiger partial charge in [-0.05, 0) is 57.0 Å². The number of ether oxygens (including phenoxy) is 7. The second kappa shape index (κ2) is 16.8. The number of H-pyrrole nitrogens is 1. The summed E-state index contributed by atoms with van der Waals surface area (Å²) in [6.07, 6.45) is 8.82. The number of carbonyl (C=O) groups is 2. The Labute approximate surface area is 286 Å². The smallest absolute Gasteiger partial charge is 0.342 e. The molecule has 2 aromatic carbocycles. The number of rotatable bonds is 11. The summed E-state index contributed by atoms with van der Waals surface area (Å²) in [5.74, 6) is -0.626. The number of hydrogen-bond acceptors (Lipinski definition) is 11. The van der Waals surface area contributed by atoms with E-state index in [2.05, 4.69) is 15.3 Å². The van der Waals surface area contributed by atoms with Crippen molar-refractivity contribution in [1.82, 2.24) is 15.3 Å². The number of hydrogen-bond donors (Lipinski definition) is 2. The summed E-state index contributed by atoms with van der Waals surface area (Å²) in [5, 5.41) is 3.27. The summed E-state index contributed by atoms with van der Waals surface area (Å²) in [6.45, 7) is 8.78. The highest BCUT2D eigenvalue weighted by Gasteiger charge is 2.45. The van der Waals surface area contributed by atoms with Gasteiger partial charge in [-0.15, -0.1) is 0 Å². The molecule has 3 aromatic rings. The van der Waals surface area contributed by atoms with Gasteiger partial charge in [0.2, 0.25) is 0 Å². The van der Waals surface area contributed by atoms with Gasteiger partial charge in [0.15, 0.2) is 12.6 Å². The van der Waals surface area contributed by atoms with Crippen molar-refractivity contribution in [2.24, 2.45) is 5.92 Å². The fourth-order valence-corrected chi connectivity index (χ4v) is 5.53. The molecule has 2 aliphatic rings. The number of methoxy groups -OCH3 is 1. The highest BCUT2D eigenvalue weighted by molar-refractivity contribution is 5.97. The van der Waals surface area contributed by atoms with Gasteiger partial charge in [-0.3, -0.25) is 0 Å². The normalized spacial score (nSPS) is 24.2. The van der Waals surface area contributed by atoms with E-state index in [0.29, 0.717) is 43.0 Å². The van der Waals surface area contributed by atoms with Crippen LogP contribution in [-0.2, 0) is 30.2 Å². The first-order valence-electron chi connectivity index (χ1n) is 16.4. The fourth-order valence-electron chi connectivity index (χ4n) is 5.53. The zero-order chi connectivity index (χ0) is 34.8. The minimum atomic E-state index is -0.925. The first kappa shape index (κ1) is 35.8. The molecule has 1 unspecified atom stereocenters. The second-order valence-electron chi connectivity index (χ2n) is 12.4. The van der Waals surface area contributed by atoms with Gasteiger partial charge in [0.05, 0.1) is 18.2 Å². The summed E-state index contributed by atoms with van der Waals surface area (Å²) < 4.78 is 41.8. The van der Waals surface area contributed by atoms with Crippen LogP contribution in [-0.4, -0.2) is 79.2 Å². The zero-order valence-electron chi connectivity index (χ0n) is 28.5. The summed E-state index contributed by atoms with van der Waals surface area (Å²) >= 11 is 0. The van der Waals surface area contributed by atoms with E-state index in [4.69, 9.17) is 33.2 Å². The summed E-state index contributed by atoms with van der Waals surface area (Å²) in [5.41, 5.74) is 1.20. The maximum atomic E-state index is 13.8. The molecule has 2 N–H and O–H groups in total. The van der Waals surface area contributed by atoms with E-state index in [1.807, 2.05) is 52.0 Å². The molecule has 12 nitrogen and oxygen atoms in total. The average molecular weight is 676 g/mol. The van der Waals surface area contributed by atoms with Crippen LogP contribution in [0.4, 0.5) is 0 Å². The first-order chi connectivity index (χ1) is 23.6. The standard InChI is InChI=1S/C37H45N3O9/c1-24-14-15-29(47-35(41)26-10-7-6-8-11-26)34-30(48-37(3,4)49-34)13-9-12-27-20-28(44-19-18-38-22-32-39-16-17-40-32)21-31(45-23-43-5)33(27)36(42)46-25(24)2/h6-12,14-17,20-21,24-25,29-30,34,38H,13,18-19,22-23H2,1-5H3,(H,39,40)/b12-9?,15-14-/t24-,25+,29?,30+,34-/m1/s1. The van der Waals surface area contributed by atoms with Crippen LogP contribution in [0.5, 0.6) is 11.5 Å². The molecule has 49 heavy (non-hydrogen) atoms. The average Bonchev–Trinajstić information content (AvgIpc) is 3.71. The molecule has 0 saturated carbocycles. The minimum Gasteiger partial charge on any atom is -0.492 e. The lowest BCUT2D eigenvalue weighted by atomic mass is 9.98. The van der Waals surface area contributed by atoms with Gasteiger partial charge in [-0.1, -0.05) is 43.4 Å². The van der Waals surface area contributed by atoms with E-state index >= 15 is 0 Å². The third-order valence-electron chi connectivity index (χ3n) is 8.14. The van der Waals surface area contributed by atoms with Crippen LogP contribution in [0.25, 0.3) is 6.08 Å². The maximum absolute atomic E-state index is 13.8. The zero-order valence-corrected chi connectivity index (χ0v) is 28.5. The van der Waals surface area contributed by atoms with E-state index in [1.165, 1.54) is 7.11 Å². The molecular weight excluding hydrogens is 630 g/mol. The molecule has 2 aliphatic heterocycles. The fraction of sp³-hybridized carbons (Fsp3) is 0.432. The van der Waals surface area contributed by atoms with Crippen LogP contribution in [0.1, 0.15) is 66.2 Å². The predicted octanol–water partition coefficient (Wildman–Crippen LogP) is 5.46. The molecule has 1 fully saturated rings. The number of aromatic nitrogens is 2. The van der Waals surface area contributed by atoms with Crippen molar-refractivity contribution in [2.75, 3.05) is 27.1 Å². The molecule has 0 bridgehead atoms. The monoisotopic (exact) mass is 675 g/mol. The van der Waals surface area contributed by atoms with Crippen molar-refractivity contribution in [3.05, 3.63) is 95.6 Å². The SMILES string of the molecule is COCOc1cc(OCCNCc2ncc[nH]2)cc2c1C(=O)O[C@@H](C)[C@H](C)/C=C\C(OC(=O)c1ccccc1)[C@H]1OC(C)(C)O[C@H]1CC=C2. The molecule has 3 heterocycles. The van der Waals surface area contributed by atoms with Crippen molar-refractivity contribution >= 4 is 18.0 Å². The number of nitrogens with zero attached hydrogens (tertiary/aromatic N) is 1. The lowest BCUT2D eigenvalue weighted by molar-refractivity contribution is -0.152. The van der Waals surface area contributed by atoms with E-state index in [-0.39, 0.29) is 24.0 Å². The van der Waals surface area contributed by atoms with E-state index < -0.39 is 42.1 Å². The molecule has 262 valence electrons. The van der Waals surface area contributed by atoms with Crippen molar-refractivity contribution in [2.45, 2.75) is 70.9 Å². The van der Waals surface area contributed by atoms with Crippen LogP contribution in [0, 0.1) is 5.92 Å². The van der Waals surface area contributed by atoms with Crippen LogP contribution < -0.4 is 14.8 Å². The topological polar surface area (TPSA) is 139 Å². The first-order valence-corrected chi connectivity index (χ1v) is 16.4. The molecule has 0 amide bonds. The van der Waals surface area contributed by atoms with Crippen LogP contribution >= 0.6 is 0 Å². The van der Waals surface area contributed by atoms with Gasteiger partial charge in [0, 0.05) is 38.0 Å². The number of imidazole rings is 1. The van der Waals surface area contributed by atoms with Gasteiger partial charge < -0.3 is 43.5 Å². The molecule has 1 saturated heterocycles. The van der Waals surface area contributed by atoms with Crippen LogP contribution in [0.15, 0.2) is 73.1 Å². The quantitative estimate of drug-likeness (QED) is 0.116. The number of benzene rings is 2. The molecule has 5 rings (SSSR count). The molecule has 0 radical (unpaired) electrons.